The van der Waals surface area contributed by atoms with Gasteiger partial charge in [0, 0.05) is 25.8 Å². The van der Waals surface area contributed by atoms with Gasteiger partial charge in [-0.25, -0.2) is 4.39 Å². The standard InChI is InChI=1S/C13H10BrClFNS/c14-9-2-1-8(11(16)5-9)7-18-13-6-10(15)3-4-12(13)17/h1-6H,7,17H2. The highest BCUT2D eigenvalue weighted by Gasteiger charge is 2.06. The van der Waals surface area contributed by atoms with E-state index in [9.17, 15) is 4.39 Å². The Hall–Kier alpha value is -0.710. The molecule has 2 rings (SSSR count). The van der Waals surface area contributed by atoms with Crippen LogP contribution in [0, 0.1) is 5.82 Å². The lowest BCUT2D eigenvalue weighted by Crippen LogP contribution is -1.91. The molecule has 0 aliphatic rings. The molecule has 1 nitrogen and oxygen atoms in total. The Bertz CT molecular complexity index is 577. The summed E-state index contributed by atoms with van der Waals surface area (Å²) in [6, 6.07) is 10.3. The minimum Gasteiger partial charge on any atom is -0.398 e. The molecular formula is C13H10BrClFNS. The number of rotatable bonds is 3. The molecule has 0 heterocycles. The average molecular weight is 347 g/mol. The summed E-state index contributed by atoms with van der Waals surface area (Å²) in [5.41, 5.74) is 7.13. The second-order valence-corrected chi connectivity index (χ2v) is 6.08. The molecule has 0 aliphatic heterocycles. The number of hydrogen-bond donors (Lipinski definition) is 1. The van der Waals surface area contributed by atoms with E-state index in [1.54, 1.807) is 24.3 Å². The normalized spacial score (nSPS) is 10.6. The molecule has 0 saturated carbocycles. The van der Waals surface area contributed by atoms with Crippen molar-refractivity contribution in [2.45, 2.75) is 10.6 Å². The molecule has 0 radical (unpaired) electrons. The monoisotopic (exact) mass is 345 g/mol. The first-order valence-corrected chi connectivity index (χ1v) is 7.33. The maximum absolute atomic E-state index is 13.6. The third-order valence-corrected chi connectivity index (χ3v) is 4.22. The Morgan fingerprint density at radius 1 is 1.22 bits per heavy atom. The molecule has 2 aromatic carbocycles. The van der Waals surface area contributed by atoms with E-state index in [1.165, 1.54) is 17.8 Å². The van der Waals surface area contributed by atoms with Crippen LogP contribution >= 0.6 is 39.3 Å². The van der Waals surface area contributed by atoms with Gasteiger partial charge in [0.15, 0.2) is 0 Å². The van der Waals surface area contributed by atoms with Gasteiger partial charge in [-0.15, -0.1) is 11.8 Å². The largest absolute Gasteiger partial charge is 0.398 e. The fourth-order valence-corrected chi connectivity index (χ4v) is 2.99. The summed E-state index contributed by atoms with van der Waals surface area (Å²) in [5, 5.41) is 0.628. The molecule has 0 atom stereocenters. The van der Waals surface area contributed by atoms with Crippen molar-refractivity contribution >= 4 is 45.0 Å². The van der Waals surface area contributed by atoms with Crippen molar-refractivity contribution in [1.29, 1.82) is 0 Å². The van der Waals surface area contributed by atoms with Crippen molar-refractivity contribution in [2.75, 3.05) is 5.73 Å². The zero-order chi connectivity index (χ0) is 13.1. The second kappa shape index (κ2) is 5.95. The van der Waals surface area contributed by atoms with Crippen molar-refractivity contribution in [3.63, 3.8) is 0 Å². The van der Waals surface area contributed by atoms with Crippen molar-refractivity contribution in [3.05, 3.63) is 57.3 Å². The smallest absolute Gasteiger partial charge is 0.128 e. The van der Waals surface area contributed by atoms with Crippen LogP contribution in [0.4, 0.5) is 10.1 Å². The maximum Gasteiger partial charge on any atom is 0.128 e. The van der Waals surface area contributed by atoms with Gasteiger partial charge in [0.1, 0.15) is 5.82 Å². The molecule has 0 bridgehead atoms. The van der Waals surface area contributed by atoms with Gasteiger partial charge in [-0.3, -0.25) is 0 Å². The Morgan fingerprint density at radius 2 is 2.00 bits per heavy atom. The molecule has 0 spiro atoms. The molecule has 0 amide bonds. The molecule has 0 saturated heterocycles. The summed E-state index contributed by atoms with van der Waals surface area (Å²) in [7, 11) is 0. The molecule has 0 aliphatic carbocycles. The summed E-state index contributed by atoms with van der Waals surface area (Å²) in [5.74, 6) is 0.293. The van der Waals surface area contributed by atoms with Crippen LogP contribution in [0.1, 0.15) is 5.56 Å². The quantitative estimate of drug-likeness (QED) is 0.617. The van der Waals surface area contributed by atoms with Gasteiger partial charge in [-0.05, 0) is 35.9 Å². The Morgan fingerprint density at radius 3 is 2.72 bits per heavy atom. The fraction of sp³-hybridized carbons (Fsp3) is 0.0769. The SMILES string of the molecule is Nc1ccc(Cl)cc1SCc1ccc(Br)cc1F. The summed E-state index contributed by atoms with van der Waals surface area (Å²) >= 11 is 10.6. The van der Waals surface area contributed by atoms with Crippen LogP contribution < -0.4 is 5.73 Å². The molecular weight excluding hydrogens is 337 g/mol. The average Bonchev–Trinajstić information content (AvgIpc) is 2.32. The van der Waals surface area contributed by atoms with E-state index < -0.39 is 0 Å². The van der Waals surface area contributed by atoms with Gasteiger partial charge in [0.05, 0.1) is 0 Å². The van der Waals surface area contributed by atoms with E-state index in [2.05, 4.69) is 15.9 Å². The lowest BCUT2D eigenvalue weighted by Gasteiger charge is -2.07. The predicted molar refractivity (Wildman–Crippen MR) is 79.5 cm³/mol. The van der Waals surface area contributed by atoms with Crippen LogP contribution in [-0.4, -0.2) is 0 Å². The van der Waals surface area contributed by atoms with E-state index in [4.69, 9.17) is 17.3 Å². The maximum atomic E-state index is 13.6. The first-order valence-electron chi connectivity index (χ1n) is 5.18. The van der Waals surface area contributed by atoms with Crippen LogP contribution in [-0.2, 0) is 5.75 Å². The number of nitrogens with two attached hydrogens (primary N) is 1. The number of nitrogen functional groups attached to an aromatic ring is 1. The van der Waals surface area contributed by atoms with E-state index in [0.717, 1.165) is 9.37 Å². The second-order valence-electron chi connectivity index (χ2n) is 3.71. The van der Waals surface area contributed by atoms with Gasteiger partial charge >= 0.3 is 0 Å². The highest BCUT2D eigenvalue weighted by Crippen LogP contribution is 2.31. The zero-order valence-corrected chi connectivity index (χ0v) is 12.4. The van der Waals surface area contributed by atoms with E-state index in [0.29, 0.717) is 22.0 Å². The van der Waals surface area contributed by atoms with Gasteiger partial charge in [0.2, 0.25) is 0 Å². The number of thioether (sulfide) groups is 1. The molecule has 0 fully saturated rings. The minimum absolute atomic E-state index is 0.225. The molecule has 0 unspecified atom stereocenters. The minimum atomic E-state index is -0.225. The summed E-state index contributed by atoms with van der Waals surface area (Å²) in [6.45, 7) is 0. The molecule has 2 N–H and O–H groups in total. The first-order chi connectivity index (χ1) is 8.56. The Labute approximate surface area is 123 Å². The van der Waals surface area contributed by atoms with Crippen LogP contribution in [0.2, 0.25) is 5.02 Å². The number of anilines is 1. The van der Waals surface area contributed by atoms with Crippen LogP contribution in [0.25, 0.3) is 0 Å². The van der Waals surface area contributed by atoms with Gasteiger partial charge < -0.3 is 5.73 Å². The lowest BCUT2D eigenvalue weighted by atomic mass is 10.2. The number of benzene rings is 2. The Kier molecular flexibility index (Phi) is 4.54. The fourth-order valence-electron chi connectivity index (χ4n) is 1.43. The van der Waals surface area contributed by atoms with Crippen molar-refractivity contribution in [2.24, 2.45) is 0 Å². The highest BCUT2D eigenvalue weighted by atomic mass is 79.9. The van der Waals surface area contributed by atoms with Crippen LogP contribution in [0.5, 0.6) is 0 Å². The molecule has 94 valence electrons. The Balaban J connectivity index is 2.13. The lowest BCUT2D eigenvalue weighted by molar-refractivity contribution is 0.616. The third-order valence-electron chi connectivity index (χ3n) is 2.37. The summed E-state index contributed by atoms with van der Waals surface area (Å²) in [6.07, 6.45) is 0. The summed E-state index contributed by atoms with van der Waals surface area (Å²) < 4.78 is 14.4. The van der Waals surface area contributed by atoms with Gasteiger partial charge in [0.25, 0.3) is 0 Å². The van der Waals surface area contributed by atoms with Gasteiger partial charge in [-0.2, -0.15) is 0 Å². The van der Waals surface area contributed by atoms with E-state index >= 15 is 0 Å². The summed E-state index contributed by atoms with van der Waals surface area (Å²) in [4.78, 5) is 0.866. The van der Waals surface area contributed by atoms with Gasteiger partial charge in [-0.1, -0.05) is 33.6 Å². The number of hydrogen-bond acceptors (Lipinski definition) is 2. The van der Waals surface area contributed by atoms with E-state index in [1.807, 2.05) is 6.07 Å². The van der Waals surface area contributed by atoms with Crippen molar-refractivity contribution < 1.29 is 4.39 Å². The van der Waals surface area contributed by atoms with E-state index in [-0.39, 0.29) is 5.82 Å². The van der Waals surface area contributed by atoms with Crippen LogP contribution in [0.15, 0.2) is 45.8 Å². The third kappa shape index (κ3) is 3.40. The van der Waals surface area contributed by atoms with Crippen molar-refractivity contribution in [1.82, 2.24) is 0 Å². The van der Waals surface area contributed by atoms with Crippen molar-refractivity contribution in [3.8, 4) is 0 Å². The first kappa shape index (κ1) is 13.7. The predicted octanol–water partition coefficient (Wildman–Crippen LogP) is 5.12. The molecule has 2 aromatic rings. The highest BCUT2D eigenvalue weighted by molar-refractivity contribution is 9.10. The van der Waals surface area contributed by atoms with Crippen LogP contribution in [0.3, 0.4) is 0 Å². The molecule has 18 heavy (non-hydrogen) atoms. The molecule has 0 aromatic heterocycles. The zero-order valence-electron chi connectivity index (χ0n) is 9.29. The topological polar surface area (TPSA) is 26.0 Å². The molecule has 5 heteroatoms. The number of halogens is 3.